The summed E-state index contributed by atoms with van der Waals surface area (Å²) in [5.41, 5.74) is 0.0192. The van der Waals surface area contributed by atoms with Gasteiger partial charge >= 0.3 is 17.9 Å². The van der Waals surface area contributed by atoms with Crippen molar-refractivity contribution in [3.8, 4) is 0 Å². The van der Waals surface area contributed by atoms with Crippen molar-refractivity contribution >= 4 is 11.9 Å². The number of ether oxygens (including phenoxy) is 2. The lowest BCUT2D eigenvalue weighted by Crippen LogP contribution is -2.54. The van der Waals surface area contributed by atoms with Crippen LogP contribution in [0.5, 0.6) is 0 Å². The molecule has 2 aromatic rings. The molecule has 0 bridgehead atoms. The second-order valence-electron chi connectivity index (χ2n) is 5.77. The molecule has 2 aromatic carbocycles. The van der Waals surface area contributed by atoms with Gasteiger partial charge in [-0.2, -0.15) is 8.78 Å². The van der Waals surface area contributed by atoms with Crippen molar-refractivity contribution in [1.82, 2.24) is 0 Å². The van der Waals surface area contributed by atoms with Gasteiger partial charge in [0.15, 0.2) is 6.10 Å². The zero-order valence-corrected chi connectivity index (χ0v) is 14.4. The number of halogens is 2. The predicted molar refractivity (Wildman–Crippen MR) is 91.5 cm³/mol. The van der Waals surface area contributed by atoms with E-state index in [0.717, 1.165) is 0 Å². The Labute approximate surface area is 158 Å². The third-order valence-corrected chi connectivity index (χ3v) is 3.71. The standard InChI is InChI=1S/C19H18F2O7/c20-19(21,18(25)26)15(28-17(24)13-9-5-2-6-10-13)14(22)11-27-16(23)12-7-3-1-4-8-12/h1-10,14-15,18,22,25-26H,11H2/t14-,15-/m1/s1. The molecule has 7 nitrogen and oxygen atoms in total. The lowest BCUT2D eigenvalue weighted by Gasteiger charge is -2.30. The van der Waals surface area contributed by atoms with E-state index in [1.54, 1.807) is 24.3 Å². The van der Waals surface area contributed by atoms with Crippen molar-refractivity contribution in [2.75, 3.05) is 6.61 Å². The van der Waals surface area contributed by atoms with E-state index in [9.17, 15) is 23.5 Å². The molecule has 9 heteroatoms. The number of carbonyl (C=O) groups is 2. The highest BCUT2D eigenvalue weighted by Gasteiger charge is 2.52. The number of hydrogen-bond donors (Lipinski definition) is 3. The van der Waals surface area contributed by atoms with E-state index in [2.05, 4.69) is 4.74 Å². The topological polar surface area (TPSA) is 113 Å². The number of rotatable bonds is 8. The van der Waals surface area contributed by atoms with Crippen LogP contribution in [0.15, 0.2) is 60.7 Å². The minimum Gasteiger partial charge on any atom is -0.459 e. The van der Waals surface area contributed by atoms with E-state index in [1.165, 1.54) is 36.4 Å². The Morgan fingerprint density at radius 1 is 0.857 bits per heavy atom. The fourth-order valence-corrected chi connectivity index (χ4v) is 2.22. The number of aliphatic hydroxyl groups is 3. The first-order valence-electron chi connectivity index (χ1n) is 8.13. The van der Waals surface area contributed by atoms with Crippen molar-refractivity contribution < 1.29 is 43.2 Å². The highest BCUT2D eigenvalue weighted by Crippen LogP contribution is 2.28. The molecule has 0 heterocycles. The molecular formula is C19H18F2O7. The number of esters is 2. The van der Waals surface area contributed by atoms with E-state index < -0.39 is 43.0 Å². The smallest absolute Gasteiger partial charge is 0.338 e. The summed E-state index contributed by atoms with van der Waals surface area (Å²) < 4.78 is 37.6. The SMILES string of the molecule is O=C(OC[C@@H](O)[C@@H](OC(=O)c1ccccc1)C(F)(F)C(O)O)c1ccccc1. The zero-order chi connectivity index (χ0) is 20.7. The van der Waals surface area contributed by atoms with Crippen LogP contribution in [-0.4, -0.2) is 58.3 Å². The van der Waals surface area contributed by atoms with Crippen molar-refractivity contribution in [3.63, 3.8) is 0 Å². The molecule has 0 radical (unpaired) electrons. The highest BCUT2D eigenvalue weighted by molar-refractivity contribution is 5.90. The molecule has 2 atom stereocenters. The summed E-state index contributed by atoms with van der Waals surface area (Å²) in [5, 5.41) is 27.9. The van der Waals surface area contributed by atoms with Gasteiger partial charge in [0.25, 0.3) is 0 Å². The van der Waals surface area contributed by atoms with Crippen molar-refractivity contribution in [1.29, 1.82) is 0 Å². The number of alkyl halides is 2. The van der Waals surface area contributed by atoms with Gasteiger partial charge in [-0.1, -0.05) is 36.4 Å². The molecule has 0 saturated heterocycles. The Hall–Kier alpha value is -2.88. The lowest BCUT2D eigenvalue weighted by molar-refractivity contribution is -0.265. The first-order valence-corrected chi connectivity index (χ1v) is 8.13. The van der Waals surface area contributed by atoms with E-state index in [4.69, 9.17) is 14.9 Å². The molecule has 150 valence electrons. The predicted octanol–water partition coefficient (Wildman–Crippen LogP) is 1.38. The van der Waals surface area contributed by atoms with Crippen molar-refractivity contribution in [3.05, 3.63) is 71.8 Å². The summed E-state index contributed by atoms with van der Waals surface area (Å²) >= 11 is 0. The molecule has 2 rings (SSSR count). The Kier molecular flexibility index (Phi) is 7.16. The zero-order valence-electron chi connectivity index (χ0n) is 14.4. The van der Waals surface area contributed by atoms with Crippen molar-refractivity contribution in [2.24, 2.45) is 0 Å². The molecule has 0 aliphatic rings. The maximum atomic E-state index is 14.1. The van der Waals surface area contributed by atoms with Crippen LogP contribution in [0.1, 0.15) is 20.7 Å². The normalized spacial score (nSPS) is 13.6. The summed E-state index contributed by atoms with van der Waals surface area (Å²) in [5.74, 6) is -6.55. The number of benzene rings is 2. The van der Waals surface area contributed by atoms with Crippen LogP contribution in [0.4, 0.5) is 8.78 Å². The molecule has 0 aliphatic heterocycles. The average molecular weight is 396 g/mol. The second-order valence-corrected chi connectivity index (χ2v) is 5.77. The molecular weight excluding hydrogens is 378 g/mol. The van der Waals surface area contributed by atoms with Gasteiger partial charge in [-0.3, -0.25) is 0 Å². The van der Waals surface area contributed by atoms with E-state index in [0.29, 0.717) is 0 Å². The number of hydrogen-bond acceptors (Lipinski definition) is 7. The average Bonchev–Trinajstić information content (AvgIpc) is 2.70. The molecule has 0 spiro atoms. The minimum absolute atomic E-state index is 0.0933. The Morgan fingerprint density at radius 2 is 1.32 bits per heavy atom. The molecule has 0 aliphatic carbocycles. The number of carbonyl (C=O) groups excluding carboxylic acids is 2. The second kappa shape index (κ2) is 9.36. The molecule has 0 saturated carbocycles. The van der Waals surface area contributed by atoms with Crippen LogP contribution < -0.4 is 0 Å². The molecule has 28 heavy (non-hydrogen) atoms. The highest BCUT2D eigenvalue weighted by atomic mass is 19.3. The summed E-state index contributed by atoms with van der Waals surface area (Å²) in [6, 6.07) is 14.6. The van der Waals surface area contributed by atoms with Gasteiger partial charge in [-0.15, -0.1) is 0 Å². The van der Waals surface area contributed by atoms with Crippen LogP contribution in [0.2, 0.25) is 0 Å². The van der Waals surface area contributed by atoms with E-state index in [1.807, 2.05) is 0 Å². The molecule has 0 amide bonds. The fraction of sp³-hybridized carbons (Fsp3) is 0.263. The maximum Gasteiger partial charge on any atom is 0.338 e. The summed E-state index contributed by atoms with van der Waals surface area (Å²) in [7, 11) is 0. The molecule has 0 fully saturated rings. The van der Waals surface area contributed by atoms with Crippen LogP contribution in [0.25, 0.3) is 0 Å². The molecule has 0 aromatic heterocycles. The first-order chi connectivity index (χ1) is 13.2. The van der Waals surface area contributed by atoms with E-state index in [-0.39, 0.29) is 11.1 Å². The monoisotopic (exact) mass is 396 g/mol. The van der Waals surface area contributed by atoms with Crippen LogP contribution >= 0.6 is 0 Å². The van der Waals surface area contributed by atoms with Gasteiger partial charge in [0.05, 0.1) is 11.1 Å². The van der Waals surface area contributed by atoms with Gasteiger partial charge in [0.1, 0.15) is 12.7 Å². The number of aliphatic hydroxyl groups excluding tert-OH is 2. The van der Waals surface area contributed by atoms with Gasteiger partial charge in [-0.05, 0) is 24.3 Å². The Morgan fingerprint density at radius 3 is 1.79 bits per heavy atom. The van der Waals surface area contributed by atoms with Gasteiger partial charge in [-0.25, -0.2) is 9.59 Å². The molecule has 0 unspecified atom stereocenters. The third kappa shape index (κ3) is 5.32. The van der Waals surface area contributed by atoms with E-state index >= 15 is 0 Å². The minimum atomic E-state index is -4.43. The summed E-state index contributed by atoms with van der Waals surface area (Å²) in [6.07, 6.45) is -8.12. The van der Waals surface area contributed by atoms with Gasteiger partial charge in [0.2, 0.25) is 6.29 Å². The summed E-state index contributed by atoms with van der Waals surface area (Å²) in [6.45, 7) is -0.969. The van der Waals surface area contributed by atoms with Crippen LogP contribution in [0.3, 0.4) is 0 Å². The summed E-state index contributed by atoms with van der Waals surface area (Å²) in [4.78, 5) is 23.9. The lowest BCUT2D eigenvalue weighted by atomic mass is 10.1. The van der Waals surface area contributed by atoms with Gasteiger partial charge < -0.3 is 24.8 Å². The Balaban J connectivity index is 2.12. The van der Waals surface area contributed by atoms with Gasteiger partial charge in [0, 0.05) is 0 Å². The maximum absolute atomic E-state index is 14.1. The fourth-order valence-electron chi connectivity index (χ4n) is 2.22. The van der Waals surface area contributed by atoms with Crippen LogP contribution in [0, 0.1) is 0 Å². The first kappa shape index (κ1) is 21.4. The Bertz CT molecular complexity index is 781. The largest absolute Gasteiger partial charge is 0.459 e. The van der Waals surface area contributed by atoms with Crippen LogP contribution in [-0.2, 0) is 9.47 Å². The molecule has 3 N–H and O–H groups in total. The third-order valence-electron chi connectivity index (χ3n) is 3.71. The van der Waals surface area contributed by atoms with Crippen molar-refractivity contribution in [2.45, 2.75) is 24.4 Å². The quantitative estimate of drug-likeness (QED) is 0.456.